The van der Waals surface area contributed by atoms with E-state index in [0.29, 0.717) is 5.69 Å². The highest BCUT2D eigenvalue weighted by Gasteiger charge is 2.11. The predicted octanol–water partition coefficient (Wildman–Crippen LogP) is 2.30. The van der Waals surface area contributed by atoms with Crippen LogP contribution < -0.4 is 11.1 Å². The molecule has 0 aliphatic heterocycles. The van der Waals surface area contributed by atoms with E-state index in [2.05, 4.69) is 5.32 Å². The molecule has 3 N–H and O–H groups in total. The van der Waals surface area contributed by atoms with E-state index in [1.54, 1.807) is 24.5 Å². The van der Waals surface area contributed by atoms with Crippen molar-refractivity contribution in [2.75, 3.05) is 5.32 Å². The van der Waals surface area contributed by atoms with Crippen LogP contribution in [0, 0.1) is 0 Å². The van der Waals surface area contributed by atoms with Crippen molar-refractivity contribution in [3.8, 4) is 11.1 Å². The normalized spacial score (nSPS) is 9.78. The third-order valence-electron chi connectivity index (χ3n) is 2.51. The molecule has 18 heavy (non-hydrogen) atoms. The number of primary amides is 1. The van der Waals surface area contributed by atoms with Crippen LogP contribution in [0.4, 0.5) is 10.5 Å². The molecule has 0 aromatic heterocycles. The minimum atomic E-state index is -0.713. The lowest BCUT2D eigenvalue weighted by atomic mass is 10.0. The summed E-state index contributed by atoms with van der Waals surface area (Å²) in [6.45, 7) is 0. The maximum Gasteiger partial charge on any atom is 0.316 e. The predicted molar refractivity (Wildman–Crippen MR) is 69.9 cm³/mol. The molecular weight excluding hydrogens is 228 g/mol. The fraction of sp³-hybridized carbons (Fsp3) is 0. The number of para-hydroxylation sites is 1. The summed E-state index contributed by atoms with van der Waals surface area (Å²) in [7, 11) is 0. The topological polar surface area (TPSA) is 72.2 Å². The zero-order valence-electron chi connectivity index (χ0n) is 9.51. The van der Waals surface area contributed by atoms with Gasteiger partial charge in [-0.25, -0.2) is 4.79 Å². The Morgan fingerprint density at radius 3 is 2.39 bits per heavy atom. The molecule has 89 valence electrons. The van der Waals surface area contributed by atoms with E-state index < -0.39 is 6.03 Å². The molecule has 0 unspecified atom stereocenters. The highest BCUT2D eigenvalue weighted by Crippen LogP contribution is 2.30. The first-order chi connectivity index (χ1) is 8.72. The third kappa shape index (κ3) is 2.38. The Hall–Kier alpha value is -2.62. The lowest BCUT2D eigenvalue weighted by molar-refractivity contribution is 0.259. The SMILES string of the molecule is NC(=O)Nc1c([C]=O)cccc1-c1ccccc1. The average molecular weight is 239 g/mol. The summed E-state index contributed by atoms with van der Waals surface area (Å²) < 4.78 is 0. The molecule has 4 nitrogen and oxygen atoms in total. The maximum atomic E-state index is 11.0. The first-order valence-electron chi connectivity index (χ1n) is 5.35. The van der Waals surface area contributed by atoms with Crippen molar-refractivity contribution < 1.29 is 9.59 Å². The van der Waals surface area contributed by atoms with Gasteiger partial charge < -0.3 is 11.1 Å². The Balaban J connectivity index is 2.59. The third-order valence-corrected chi connectivity index (χ3v) is 2.51. The van der Waals surface area contributed by atoms with Gasteiger partial charge in [-0.15, -0.1) is 0 Å². The summed E-state index contributed by atoms with van der Waals surface area (Å²) in [5.74, 6) is 0. The summed E-state index contributed by atoms with van der Waals surface area (Å²) in [4.78, 5) is 21.9. The highest BCUT2D eigenvalue weighted by molar-refractivity contribution is 6.00. The molecule has 0 saturated carbocycles. The van der Waals surface area contributed by atoms with Crippen LogP contribution in [0.5, 0.6) is 0 Å². The van der Waals surface area contributed by atoms with Gasteiger partial charge in [0.25, 0.3) is 0 Å². The second-order valence-corrected chi connectivity index (χ2v) is 3.69. The molecule has 0 heterocycles. The van der Waals surface area contributed by atoms with Crippen LogP contribution in [-0.2, 0) is 4.79 Å². The smallest absolute Gasteiger partial charge is 0.316 e. The van der Waals surface area contributed by atoms with E-state index in [9.17, 15) is 9.59 Å². The van der Waals surface area contributed by atoms with Gasteiger partial charge >= 0.3 is 6.03 Å². The van der Waals surface area contributed by atoms with E-state index in [-0.39, 0.29) is 5.56 Å². The molecule has 0 atom stereocenters. The molecule has 2 aromatic rings. The molecule has 4 heteroatoms. The Bertz CT molecular complexity index is 580. The van der Waals surface area contributed by atoms with Gasteiger partial charge in [0.2, 0.25) is 6.29 Å². The van der Waals surface area contributed by atoms with E-state index in [1.807, 2.05) is 30.3 Å². The van der Waals surface area contributed by atoms with Crippen molar-refractivity contribution in [3.05, 3.63) is 54.1 Å². The first kappa shape index (κ1) is 11.9. The number of urea groups is 1. The number of carbonyl (C=O) groups is 1. The van der Waals surface area contributed by atoms with Crippen molar-refractivity contribution in [2.24, 2.45) is 5.73 Å². The van der Waals surface area contributed by atoms with Gasteiger partial charge in [0, 0.05) is 5.56 Å². The summed E-state index contributed by atoms with van der Waals surface area (Å²) in [6.07, 6.45) is 1.79. The van der Waals surface area contributed by atoms with Crippen LogP contribution in [0.2, 0.25) is 0 Å². The molecule has 0 aliphatic rings. The van der Waals surface area contributed by atoms with Crippen molar-refractivity contribution in [1.82, 2.24) is 0 Å². The Kier molecular flexibility index (Phi) is 3.38. The van der Waals surface area contributed by atoms with Crippen molar-refractivity contribution >= 4 is 18.0 Å². The van der Waals surface area contributed by atoms with E-state index in [4.69, 9.17) is 5.73 Å². The van der Waals surface area contributed by atoms with Crippen molar-refractivity contribution in [1.29, 1.82) is 0 Å². The Morgan fingerprint density at radius 1 is 1.06 bits per heavy atom. The molecule has 1 radical (unpaired) electrons. The molecule has 2 aromatic carbocycles. The average Bonchev–Trinajstić information content (AvgIpc) is 2.39. The van der Waals surface area contributed by atoms with Crippen LogP contribution in [0.1, 0.15) is 5.56 Å². The lowest BCUT2D eigenvalue weighted by Gasteiger charge is -2.11. The molecule has 0 bridgehead atoms. The largest absolute Gasteiger partial charge is 0.351 e. The van der Waals surface area contributed by atoms with Gasteiger partial charge in [-0.1, -0.05) is 42.5 Å². The number of hydrogen-bond acceptors (Lipinski definition) is 2. The number of hydrogen-bond donors (Lipinski definition) is 2. The molecule has 2 rings (SSSR count). The standard InChI is InChI=1S/C14H11N2O2/c15-14(18)16-13-11(9-17)7-4-8-12(13)10-5-2-1-3-6-10/h1-8H,(H3,15,16,18). The maximum absolute atomic E-state index is 11.0. The molecule has 2 amide bonds. The fourth-order valence-corrected chi connectivity index (χ4v) is 1.75. The van der Waals surface area contributed by atoms with Crippen molar-refractivity contribution in [3.63, 3.8) is 0 Å². The molecule has 0 aliphatic carbocycles. The quantitative estimate of drug-likeness (QED) is 0.862. The van der Waals surface area contributed by atoms with Crippen LogP contribution in [0.25, 0.3) is 11.1 Å². The number of nitrogens with one attached hydrogen (secondary N) is 1. The van der Waals surface area contributed by atoms with Gasteiger partial charge in [-0.2, -0.15) is 0 Å². The van der Waals surface area contributed by atoms with Gasteiger partial charge in [0.1, 0.15) is 0 Å². The van der Waals surface area contributed by atoms with E-state index in [0.717, 1.165) is 11.1 Å². The zero-order chi connectivity index (χ0) is 13.0. The van der Waals surface area contributed by atoms with Crippen molar-refractivity contribution in [2.45, 2.75) is 0 Å². The van der Waals surface area contributed by atoms with Crippen LogP contribution in [-0.4, -0.2) is 12.3 Å². The van der Waals surface area contributed by atoms with E-state index in [1.165, 1.54) is 0 Å². The highest BCUT2D eigenvalue weighted by atomic mass is 16.2. The first-order valence-corrected chi connectivity index (χ1v) is 5.35. The van der Waals surface area contributed by atoms with Gasteiger partial charge in [0.05, 0.1) is 11.3 Å². The number of amides is 2. The summed E-state index contributed by atoms with van der Waals surface area (Å²) in [5.41, 5.74) is 7.39. The number of benzene rings is 2. The van der Waals surface area contributed by atoms with Crippen LogP contribution >= 0.6 is 0 Å². The number of carbonyl (C=O) groups excluding carboxylic acids is 2. The summed E-state index contributed by atoms with van der Waals surface area (Å²) in [5, 5.41) is 2.47. The Labute approximate surface area is 104 Å². The van der Waals surface area contributed by atoms with Gasteiger partial charge in [-0.05, 0) is 11.6 Å². The number of nitrogens with two attached hydrogens (primary N) is 1. The monoisotopic (exact) mass is 239 g/mol. The zero-order valence-corrected chi connectivity index (χ0v) is 9.51. The lowest BCUT2D eigenvalue weighted by Crippen LogP contribution is -2.20. The molecule has 0 saturated heterocycles. The van der Waals surface area contributed by atoms with E-state index >= 15 is 0 Å². The summed E-state index contributed by atoms with van der Waals surface area (Å²) >= 11 is 0. The van der Waals surface area contributed by atoms with Gasteiger partial charge in [-0.3, -0.25) is 4.79 Å². The molecular formula is C14H11N2O2. The Morgan fingerprint density at radius 2 is 1.78 bits per heavy atom. The second-order valence-electron chi connectivity index (χ2n) is 3.69. The molecule has 0 spiro atoms. The number of anilines is 1. The van der Waals surface area contributed by atoms with Crippen LogP contribution in [0.15, 0.2) is 48.5 Å². The fourth-order valence-electron chi connectivity index (χ4n) is 1.75. The second kappa shape index (κ2) is 5.14. The molecule has 0 fully saturated rings. The minimum Gasteiger partial charge on any atom is -0.351 e. The summed E-state index contributed by atoms with van der Waals surface area (Å²) in [6, 6.07) is 13.8. The van der Waals surface area contributed by atoms with Gasteiger partial charge in [0.15, 0.2) is 0 Å². The van der Waals surface area contributed by atoms with Crippen LogP contribution in [0.3, 0.4) is 0 Å². The number of rotatable bonds is 3. The minimum absolute atomic E-state index is 0.273.